The van der Waals surface area contributed by atoms with Gasteiger partial charge in [0.25, 0.3) is 0 Å². The Morgan fingerprint density at radius 2 is 1.81 bits per heavy atom. The number of anilines is 4. The molecule has 2 N–H and O–H groups in total. The number of carbonyl (C=O) groups is 1. The van der Waals surface area contributed by atoms with Gasteiger partial charge in [0.15, 0.2) is 0 Å². The molecule has 43 heavy (non-hydrogen) atoms. The van der Waals surface area contributed by atoms with E-state index in [0.717, 1.165) is 66.1 Å². The highest BCUT2D eigenvalue weighted by Gasteiger charge is 2.23. The number of piperazine rings is 1. The molecule has 1 amide bonds. The molecule has 0 aliphatic carbocycles. The molecule has 4 aromatic rings. The van der Waals surface area contributed by atoms with Gasteiger partial charge in [-0.05, 0) is 23.8 Å². The van der Waals surface area contributed by atoms with Gasteiger partial charge in [-0.1, -0.05) is 56.2 Å². The Balaban J connectivity index is 1.43. The second-order valence-electron chi connectivity index (χ2n) is 10.3. The molecule has 0 radical (unpaired) electrons. The van der Waals surface area contributed by atoms with E-state index in [2.05, 4.69) is 73.0 Å². The fraction of sp³-hybridized carbons (Fsp3) is 0.206. The van der Waals surface area contributed by atoms with E-state index in [-0.39, 0.29) is 5.91 Å². The van der Waals surface area contributed by atoms with Gasteiger partial charge < -0.3 is 24.8 Å². The number of methoxy groups -OCH3 is 1. The summed E-state index contributed by atoms with van der Waals surface area (Å²) in [6.45, 7) is 15.4. The number of hydrogen-bond donors (Lipinski definition) is 2. The van der Waals surface area contributed by atoms with E-state index in [9.17, 15) is 4.79 Å². The summed E-state index contributed by atoms with van der Waals surface area (Å²) in [6.07, 6.45) is 10.5. The molecule has 1 aliphatic rings. The quantitative estimate of drug-likeness (QED) is 0.169. The third kappa shape index (κ3) is 6.52. The molecular formula is C34H37N7O2. The second-order valence-corrected chi connectivity index (χ2v) is 10.3. The zero-order chi connectivity index (χ0) is 30.3. The summed E-state index contributed by atoms with van der Waals surface area (Å²) in [5.41, 5.74) is 6.27. The van der Waals surface area contributed by atoms with Crippen molar-refractivity contribution in [2.45, 2.75) is 0 Å². The van der Waals surface area contributed by atoms with Crippen molar-refractivity contribution in [1.29, 1.82) is 0 Å². The number of nitrogens with zero attached hydrogens (tertiary/aromatic N) is 5. The van der Waals surface area contributed by atoms with E-state index in [1.54, 1.807) is 19.5 Å². The van der Waals surface area contributed by atoms with Crippen molar-refractivity contribution < 1.29 is 9.53 Å². The molecule has 9 nitrogen and oxygen atoms in total. The number of aromatic nitrogens is 3. The van der Waals surface area contributed by atoms with Crippen LogP contribution in [0.15, 0.2) is 105 Å². The van der Waals surface area contributed by atoms with Gasteiger partial charge in [-0.15, -0.1) is 0 Å². The number of fused-ring (bicyclic) bond motifs is 1. The van der Waals surface area contributed by atoms with Crippen LogP contribution in [0.2, 0.25) is 0 Å². The molecule has 220 valence electrons. The summed E-state index contributed by atoms with van der Waals surface area (Å²) >= 11 is 0. The van der Waals surface area contributed by atoms with Crippen LogP contribution < -0.4 is 20.3 Å². The molecule has 0 unspecified atom stereocenters. The molecule has 1 fully saturated rings. The Morgan fingerprint density at radius 1 is 1.02 bits per heavy atom. The fourth-order valence-corrected chi connectivity index (χ4v) is 5.38. The van der Waals surface area contributed by atoms with E-state index < -0.39 is 0 Å². The molecule has 0 bridgehead atoms. The van der Waals surface area contributed by atoms with Gasteiger partial charge in [-0.25, -0.2) is 9.97 Å². The largest absolute Gasteiger partial charge is 0.494 e. The van der Waals surface area contributed by atoms with E-state index in [4.69, 9.17) is 4.74 Å². The number of para-hydroxylation sites is 1. The van der Waals surface area contributed by atoms with Crippen LogP contribution in [0.4, 0.5) is 22.9 Å². The zero-order valence-corrected chi connectivity index (χ0v) is 24.7. The van der Waals surface area contributed by atoms with Crippen LogP contribution in [-0.2, 0) is 11.8 Å². The van der Waals surface area contributed by atoms with Gasteiger partial charge in [-0.3, -0.25) is 9.69 Å². The number of carbonyl (C=O) groups excluding carboxylic acids is 1. The lowest BCUT2D eigenvalue weighted by molar-refractivity contribution is -0.111. The molecule has 3 heterocycles. The van der Waals surface area contributed by atoms with Crippen LogP contribution in [-0.4, -0.2) is 65.2 Å². The predicted octanol–water partition coefficient (Wildman–Crippen LogP) is 5.93. The van der Waals surface area contributed by atoms with E-state index in [1.165, 1.54) is 6.08 Å². The van der Waals surface area contributed by atoms with E-state index in [1.807, 2.05) is 49.5 Å². The molecule has 2 aromatic carbocycles. The first-order valence-electron chi connectivity index (χ1n) is 14.1. The summed E-state index contributed by atoms with van der Waals surface area (Å²) in [4.78, 5) is 26.1. The standard InChI is InChI=1S/C34H37N7O2/c1-6-11-24(7-2)21-40-14-16-41(17-15-40)31-20-32(43-5)29(18-28(31)38-34(42)8-3)37-33-19-27(35-23-36-33)26-22-39(4)30-13-10-9-12-25(26)30/h6-13,18-20,22-23H,1-3,14-17,21H2,4-5H3,(H,38,42)(H,35,36,37)/b24-11+. The summed E-state index contributed by atoms with van der Waals surface area (Å²) in [6, 6.07) is 14.0. The van der Waals surface area contributed by atoms with Crippen molar-refractivity contribution in [2.24, 2.45) is 7.05 Å². The molecule has 9 heteroatoms. The molecule has 5 rings (SSSR count). The fourth-order valence-electron chi connectivity index (χ4n) is 5.38. The van der Waals surface area contributed by atoms with Crippen molar-refractivity contribution >= 4 is 39.7 Å². The first-order chi connectivity index (χ1) is 20.9. The van der Waals surface area contributed by atoms with Gasteiger partial charge in [-0.2, -0.15) is 0 Å². The van der Waals surface area contributed by atoms with E-state index >= 15 is 0 Å². The zero-order valence-electron chi connectivity index (χ0n) is 24.7. The third-order valence-electron chi connectivity index (χ3n) is 7.58. The number of benzene rings is 2. The molecule has 0 saturated carbocycles. The molecule has 1 saturated heterocycles. The number of hydrogen-bond acceptors (Lipinski definition) is 7. The maximum Gasteiger partial charge on any atom is 0.247 e. The van der Waals surface area contributed by atoms with Gasteiger partial charge in [0.1, 0.15) is 17.9 Å². The van der Waals surface area contributed by atoms with Gasteiger partial charge in [0, 0.05) is 74.6 Å². The Hall–Kier alpha value is -5.15. The van der Waals surface area contributed by atoms with Crippen molar-refractivity contribution in [1.82, 2.24) is 19.4 Å². The summed E-state index contributed by atoms with van der Waals surface area (Å²) < 4.78 is 7.91. The normalized spacial score (nSPS) is 13.9. The molecular weight excluding hydrogens is 538 g/mol. The lowest BCUT2D eigenvalue weighted by Gasteiger charge is -2.37. The highest BCUT2D eigenvalue weighted by atomic mass is 16.5. The number of ether oxygens (including phenoxy) is 1. The van der Waals surface area contributed by atoms with Crippen LogP contribution in [0.1, 0.15) is 0 Å². The molecule has 2 aromatic heterocycles. The first kappa shape index (κ1) is 29.3. The van der Waals surface area contributed by atoms with Crippen molar-refractivity contribution in [3.8, 4) is 17.0 Å². The van der Waals surface area contributed by atoms with Crippen molar-refractivity contribution in [3.05, 3.63) is 105 Å². The minimum Gasteiger partial charge on any atom is -0.494 e. The molecule has 0 atom stereocenters. The topological polar surface area (TPSA) is 87.6 Å². The van der Waals surface area contributed by atoms with E-state index in [0.29, 0.717) is 22.9 Å². The Bertz CT molecular complexity index is 1700. The van der Waals surface area contributed by atoms with Crippen LogP contribution in [0, 0.1) is 0 Å². The van der Waals surface area contributed by atoms with Crippen molar-refractivity contribution in [2.75, 3.05) is 55.4 Å². The third-order valence-corrected chi connectivity index (χ3v) is 7.58. The van der Waals surface area contributed by atoms with Crippen molar-refractivity contribution in [3.63, 3.8) is 0 Å². The number of rotatable bonds is 11. The number of amides is 1. The average Bonchev–Trinajstić information content (AvgIpc) is 3.37. The number of allylic oxidation sites excluding steroid dienone is 2. The highest BCUT2D eigenvalue weighted by Crippen LogP contribution is 2.39. The molecule has 1 aliphatic heterocycles. The predicted molar refractivity (Wildman–Crippen MR) is 176 cm³/mol. The average molecular weight is 576 g/mol. The molecule has 0 spiro atoms. The SMILES string of the molecule is C=C/C=C(\C=C)CN1CCN(c2cc(OC)c(Nc3cc(-c4cn(C)c5ccccc45)ncn3)cc2NC(=O)C=C)CC1. The van der Waals surface area contributed by atoms with Crippen LogP contribution in [0.3, 0.4) is 0 Å². The maximum absolute atomic E-state index is 12.5. The van der Waals surface area contributed by atoms with Gasteiger partial charge in [0.2, 0.25) is 5.91 Å². The monoisotopic (exact) mass is 575 g/mol. The van der Waals surface area contributed by atoms with Crippen LogP contribution in [0.25, 0.3) is 22.2 Å². The van der Waals surface area contributed by atoms with Gasteiger partial charge in [0.05, 0.1) is 29.9 Å². The Labute approximate surface area is 252 Å². The Morgan fingerprint density at radius 3 is 2.53 bits per heavy atom. The number of nitrogens with one attached hydrogen (secondary N) is 2. The summed E-state index contributed by atoms with van der Waals surface area (Å²) in [5, 5.41) is 7.49. The van der Waals surface area contributed by atoms with Crippen LogP contribution >= 0.6 is 0 Å². The number of aryl methyl sites for hydroxylation is 1. The lowest BCUT2D eigenvalue weighted by atomic mass is 10.1. The minimum atomic E-state index is -0.290. The highest BCUT2D eigenvalue weighted by molar-refractivity contribution is 6.02. The maximum atomic E-state index is 12.5. The Kier molecular flexibility index (Phi) is 9.02. The lowest BCUT2D eigenvalue weighted by Crippen LogP contribution is -2.47. The first-order valence-corrected chi connectivity index (χ1v) is 14.1. The van der Waals surface area contributed by atoms with Crippen LogP contribution in [0.5, 0.6) is 5.75 Å². The summed E-state index contributed by atoms with van der Waals surface area (Å²) in [7, 11) is 3.66. The summed E-state index contributed by atoms with van der Waals surface area (Å²) in [5.74, 6) is 0.938. The van der Waals surface area contributed by atoms with Gasteiger partial charge >= 0.3 is 0 Å². The smallest absolute Gasteiger partial charge is 0.247 e. The second kappa shape index (κ2) is 13.2. The minimum absolute atomic E-state index is 0.290.